The van der Waals surface area contributed by atoms with Crippen molar-refractivity contribution in [2.24, 2.45) is 5.92 Å². The number of likely N-dealkylation sites (tertiary alicyclic amines) is 1. The van der Waals surface area contributed by atoms with Gasteiger partial charge in [-0.25, -0.2) is 0 Å². The minimum Gasteiger partial charge on any atom is -0.481 e. The van der Waals surface area contributed by atoms with Crippen molar-refractivity contribution in [1.82, 2.24) is 4.90 Å². The Balaban J connectivity index is 2.37. The predicted octanol–water partition coefficient (Wildman–Crippen LogP) is 2.83. The molecule has 1 N–H and O–H groups in total. The van der Waals surface area contributed by atoms with Crippen molar-refractivity contribution in [3.05, 3.63) is 21.9 Å². The molecule has 2 unspecified atom stereocenters. The summed E-state index contributed by atoms with van der Waals surface area (Å²) in [5, 5.41) is 9.42. The van der Waals surface area contributed by atoms with Gasteiger partial charge in [0.15, 0.2) is 0 Å². The van der Waals surface area contributed by atoms with Gasteiger partial charge < -0.3 is 10.0 Å². The van der Waals surface area contributed by atoms with Crippen LogP contribution in [-0.2, 0) is 9.59 Å². The number of carbonyl (C=O) groups excluding carboxylic acids is 1. The second kappa shape index (κ2) is 5.74. The molecule has 2 rings (SSSR count). The first-order valence-corrected chi connectivity index (χ1v) is 7.44. The monoisotopic (exact) mass is 281 g/mol. The number of carboxylic acids is 1. The zero-order valence-corrected chi connectivity index (χ0v) is 12.1. The molecule has 0 bridgehead atoms. The van der Waals surface area contributed by atoms with E-state index in [1.807, 2.05) is 26.0 Å². The van der Waals surface area contributed by atoms with Crippen LogP contribution in [0, 0.1) is 12.8 Å². The molecule has 1 saturated heterocycles. The second-order valence-corrected chi connectivity index (χ2v) is 6.28. The van der Waals surface area contributed by atoms with Crippen molar-refractivity contribution in [2.75, 3.05) is 6.54 Å². The standard InChI is InChI=1S/C14H19NO3S/c1-3-8-15-12(16)7-5-10(14(17)18)13(15)11-6-4-9(2)19-11/h4,6,10,13H,3,5,7-8H2,1-2H3,(H,17,18). The Morgan fingerprint density at radius 3 is 2.79 bits per heavy atom. The van der Waals surface area contributed by atoms with E-state index in [9.17, 15) is 14.7 Å². The molecule has 5 heteroatoms. The van der Waals surface area contributed by atoms with E-state index in [4.69, 9.17) is 0 Å². The third-order valence-electron chi connectivity index (χ3n) is 3.54. The van der Waals surface area contributed by atoms with Gasteiger partial charge in [0, 0.05) is 22.7 Å². The fourth-order valence-electron chi connectivity index (χ4n) is 2.68. The van der Waals surface area contributed by atoms with E-state index in [1.165, 1.54) is 0 Å². The third kappa shape index (κ3) is 2.81. The molecular weight excluding hydrogens is 262 g/mol. The number of nitrogens with zero attached hydrogens (tertiary/aromatic N) is 1. The summed E-state index contributed by atoms with van der Waals surface area (Å²) < 4.78 is 0. The van der Waals surface area contributed by atoms with Crippen molar-refractivity contribution in [3.8, 4) is 0 Å². The van der Waals surface area contributed by atoms with E-state index in [0.29, 0.717) is 19.4 Å². The topological polar surface area (TPSA) is 57.6 Å². The molecule has 0 radical (unpaired) electrons. The number of amides is 1. The summed E-state index contributed by atoms with van der Waals surface area (Å²) >= 11 is 1.59. The molecule has 1 amide bonds. The number of rotatable bonds is 4. The maximum Gasteiger partial charge on any atom is 0.308 e. The van der Waals surface area contributed by atoms with E-state index in [0.717, 1.165) is 16.2 Å². The molecule has 19 heavy (non-hydrogen) atoms. The van der Waals surface area contributed by atoms with Gasteiger partial charge >= 0.3 is 5.97 Å². The number of aryl methyl sites for hydroxylation is 1. The SMILES string of the molecule is CCCN1C(=O)CCC(C(=O)O)C1c1ccc(C)s1. The zero-order valence-electron chi connectivity index (χ0n) is 11.3. The molecule has 1 aliphatic heterocycles. The van der Waals surface area contributed by atoms with Crippen LogP contribution in [0.25, 0.3) is 0 Å². The van der Waals surface area contributed by atoms with Crippen LogP contribution in [0.1, 0.15) is 42.0 Å². The van der Waals surface area contributed by atoms with Crippen LogP contribution < -0.4 is 0 Å². The lowest BCUT2D eigenvalue weighted by Crippen LogP contribution is -2.45. The van der Waals surface area contributed by atoms with Crippen molar-refractivity contribution >= 4 is 23.2 Å². The Morgan fingerprint density at radius 2 is 2.26 bits per heavy atom. The van der Waals surface area contributed by atoms with E-state index in [-0.39, 0.29) is 11.9 Å². The molecule has 2 heterocycles. The predicted molar refractivity (Wildman–Crippen MR) is 74.2 cm³/mol. The quantitative estimate of drug-likeness (QED) is 0.923. The van der Waals surface area contributed by atoms with Crippen LogP contribution in [0.5, 0.6) is 0 Å². The highest BCUT2D eigenvalue weighted by Gasteiger charge is 2.40. The van der Waals surface area contributed by atoms with Crippen LogP contribution >= 0.6 is 11.3 Å². The molecule has 0 saturated carbocycles. The molecule has 0 spiro atoms. The van der Waals surface area contributed by atoms with E-state index < -0.39 is 11.9 Å². The van der Waals surface area contributed by atoms with Gasteiger partial charge in [0.2, 0.25) is 5.91 Å². The summed E-state index contributed by atoms with van der Waals surface area (Å²) in [6.07, 6.45) is 1.63. The number of aliphatic carboxylic acids is 1. The van der Waals surface area contributed by atoms with Crippen LogP contribution in [-0.4, -0.2) is 28.4 Å². The smallest absolute Gasteiger partial charge is 0.308 e. The van der Waals surface area contributed by atoms with E-state index >= 15 is 0 Å². The van der Waals surface area contributed by atoms with Gasteiger partial charge in [0.1, 0.15) is 0 Å². The number of carboxylic acid groups (broad SMARTS) is 1. The Labute approximate surface area is 117 Å². The summed E-state index contributed by atoms with van der Waals surface area (Å²) in [7, 11) is 0. The maximum absolute atomic E-state index is 12.1. The second-order valence-electron chi connectivity index (χ2n) is 4.96. The van der Waals surface area contributed by atoms with Gasteiger partial charge in [-0.2, -0.15) is 0 Å². The fourth-order valence-corrected chi connectivity index (χ4v) is 3.74. The van der Waals surface area contributed by atoms with Crippen LogP contribution in [0.15, 0.2) is 12.1 Å². The molecule has 0 aromatic carbocycles. The Hall–Kier alpha value is -1.36. The van der Waals surface area contributed by atoms with Crippen LogP contribution in [0.4, 0.5) is 0 Å². The van der Waals surface area contributed by atoms with Gasteiger partial charge in [-0.15, -0.1) is 11.3 Å². The minimum atomic E-state index is -0.801. The highest BCUT2D eigenvalue weighted by molar-refractivity contribution is 7.12. The number of thiophene rings is 1. The first-order chi connectivity index (χ1) is 9.04. The highest BCUT2D eigenvalue weighted by Crippen LogP contribution is 2.39. The number of carbonyl (C=O) groups is 2. The number of piperidine rings is 1. The van der Waals surface area contributed by atoms with Crippen molar-refractivity contribution in [2.45, 2.75) is 39.2 Å². The van der Waals surface area contributed by atoms with E-state index in [2.05, 4.69) is 0 Å². The zero-order chi connectivity index (χ0) is 14.0. The molecule has 1 aliphatic rings. The normalized spacial score (nSPS) is 23.7. The molecule has 104 valence electrons. The van der Waals surface area contributed by atoms with Gasteiger partial charge in [-0.1, -0.05) is 6.92 Å². The molecule has 4 nitrogen and oxygen atoms in total. The minimum absolute atomic E-state index is 0.0791. The van der Waals surface area contributed by atoms with Crippen molar-refractivity contribution in [3.63, 3.8) is 0 Å². The summed E-state index contributed by atoms with van der Waals surface area (Å²) in [4.78, 5) is 27.4. The third-order valence-corrected chi connectivity index (χ3v) is 4.61. The van der Waals surface area contributed by atoms with Gasteiger partial charge in [0.05, 0.1) is 12.0 Å². The summed E-state index contributed by atoms with van der Waals surface area (Å²) in [6, 6.07) is 3.65. The lowest BCUT2D eigenvalue weighted by Gasteiger charge is -2.39. The van der Waals surface area contributed by atoms with Gasteiger partial charge in [0.25, 0.3) is 0 Å². The number of hydrogen-bond donors (Lipinski definition) is 1. The van der Waals surface area contributed by atoms with Crippen molar-refractivity contribution in [1.29, 1.82) is 0 Å². The van der Waals surface area contributed by atoms with Gasteiger partial charge in [-0.05, 0) is 31.9 Å². The maximum atomic E-state index is 12.1. The summed E-state index contributed by atoms with van der Waals surface area (Å²) in [5.74, 6) is -1.21. The van der Waals surface area contributed by atoms with Crippen LogP contribution in [0.3, 0.4) is 0 Å². The average Bonchev–Trinajstić information content (AvgIpc) is 2.78. The molecule has 2 atom stereocenters. The molecular formula is C14H19NO3S. The molecule has 1 aromatic rings. The molecule has 1 aromatic heterocycles. The fraction of sp³-hybridized carbons (Fsp3) is 0.571. The average molecular weight is 281 g/mol. The summed E-state index contributed by atoms with van der Waals surface area (Å²) in [5.41, 5.74) is 0. The molecule has 1 fully saturated rings. The number of hydrogen-bond acceptors (Lipinski definition) is 3. The van der Waals surface area contributed by atoms with Crippen LogP contribution in [0.2, 0.25) is 0 Å². The highest BCUT2D eigenvalue weighted by atomic mass is 32.1. The lowest BCUT2D eigenvalue weighted by atomic mass is 9.87. The van der Waals surface area contributed by atoms with E-state index in [1.54, 1.807) is 16.2 Å². The first kappa shape index (κ1) is 14.1. The Kier molecular flexibility index (Phi) is 4.24. The Bertz CT molecular complexity index is 483. The lowest BCUT2D eigenvalue weighted by molar-refractivity contribution is -0.152. The van der Waals surface area contributed by atoms with Crippen molar-refractivity contribution < 1.29 is 14.7 Å². The largest absolute Gasteiger partial charge is 0.481 e. The summed E-state index contributed by atoms with van der Waals surface area (Å²) in [6.45, 7) is 4.64. The van der Waals surface area contributed by atoms with Gasteiger partial charge in [-0.3, -0.25) is 9.59 Å². The molecule has 0 aliphatic carbocycles. The Morgan fingerprint density at radius 1 is 1.53 bits per heavy atom. The first-order valence-electron chi connectivity index (χ1n) is 6.63.